The van der Waals surface area contributed by atoms with Crippen molar-refractivity contribution in [2.45, 2.75) is 44.2 Å². The number of pyridine rings is 1. The standard InChI is InChI=1S/C20H27N5O4/c1-22-9-4-6-16(18(22)26)19(27)23-10-3-5-14(13-23)17-21-24(11-12-29-2)20(28)25(17)15-7-8-15/h4,6,9,14-15H,3,5,7-8,10-13H2,1-2H3. The van der Waals surface area contributed by atoms with Gasteiger partial charge < -0.3 is 14.2 Å². The lowest BCUT2D eigenvalue weighted by molar-refractivity contribution is 0.0700. The number of ether oxygens (including phenoxy) is 1. The number of likely N-dealkylation sites (tertiary alicyclic amines) is 1. The average molecular weight is 401 g/mol. The van der Waals surface area contributed by atoms with Crippen molar-refractivity contribution in [3.8, 4) is 0 Å². The number of nitrogens with zero attached hydrogens (tertiary/aromatic N) is 5. The molecule has 2 aromatic heterocycles. The molecule has 1 saturated carbocycles. The van der Waals surface area contributed by atoms with Crippen molar-refractivity contribution in [1.29, 1.82) is 0 Å². The highest BCUT2D eigenvalue weighted by molar-refractivity contribution is 5.93. The van der Waals surface area contributed by atoms with Crippen molar-refractivity contribution in [2.75, 3.05) is 26.8 Å². The maximum Gasteiger partial charge on any atom is 0.346 e. The summed E-state index contributed by atoms with van der Waals surface area (Å²) < 4.78 is 9.80. The zero-order valence-corrected chi connectivity index (χ0v) is 16.9. The minimum Gasteiger partial charge on any atom is -0.383 e. The molecule has 2 aromatic rings. The lowest BCUT2D eigenvalue weighted by atomic mass is 9.96. The smallest absolute Gasteiger partial charge is 0.346 e. The van der Waals surface area contributed by atoms with Crippen molar-refractivity contribution >= 4 is 5.91 Å². The molecule has 156 valence electrons. The van der Waals surface area contributed by atoms with Gasteiger partial charge in [0.1, 0.15) is 11.4 Å². The predicted molar refractivity (Wildman–Crippen MR) is 106 cm³/mol. The molecule has 1 aliphatic carbocycles. The summed E-state index contributed by atoms with van der Waals surface area (Å²) in [5.41, 5.74) is -0.209. The zero-order chi connectivity index (χ0) is 20.5. The van der Waals surface area contributed by atoms with Gasteiger partial charge in [0, 0.05) is 45.4 Å². The highest BCUT2D eigenvalue weighted by Gasteiger charge is 2.35. The van der Waals surface area contributed by atoms with E-state index in [1.165, 1.54) is 9.25 Å². The summed E-state index contributed by atoms with van der Waals surface area (Å²) in [7, 11) is 3.24. The Morgan fingerprint density at radius 3 is 2.79 bits per heavy atom. The molecular weight excluding hydrogens is 374 g/mol. The normalized spacial score (nSPS) is 19.5. The van der Waals surface area contributed by atoms with Crippen LogP contribution in [0.25, 0.3) is 0 Å². The quantitative estimate of drug-likeness (QED) is 0.712. The maximum absolute atomic E-state index is 13.0. The third kappa shape index (κ3) is 3.78. The second-order valence-corrected chi connectivity index (χ2v) is 7.89. The first-order chi connectivity index (χ1) is 14.0. The molecule has 1 aliphatic heterocycles. The predicted octanol–water partition coefficient (Wildman–Crippen LogP) is 0.745. The van der Waals surface area contributed by atoms with Gasteiger partial charge in [0.05, 0.1) is 13.2 Å². The fourth-order valence-corrected chi connectivity index (χ4v) is 4.02. The SMILES string of the molecule is COCCn1nc(C2CCCN(C(=O)c3cccn(C)c3=O)C2)n(C2CC2)c1=O. The van der Waals surface area contributed by atoms with Gasteiger partial charge in [0.25, 0.3) is 11.5 Å². The van der Waals surface area contributed by atoms with E-state index in [-0.39, 0.29) is 34.7 Å². The van der Waals surface area contributed by atoms with Crippen molar-refractivity contribution in [3.63, 3.8) is 0 Å². The van der Waals surface area contributed by atoms with Gasteiger partial charge in [0.2, 0.25) is 0 Å². The molecule has 2 fully saturated rings. The summed E-state index contributed by atoms with van der Waals surface area (Å²) in [5.74, 6) is 0.486. The number of piperidine rings is 1. The van der Waals surface area contributed by atoms with Gasteiger partial charge in [-0.05, 0) is 37.8 Å². The first-order valence-corrected chi connectivity index (χ1v) is 10.1. The first kappa shape index (κ1) is 19.6. The van der Waals surface area contributed by atoms with Gasteiger partial charge in [-0.15, -0.1) is 0 Å². The summed E-state index contributed by atoms with van der Waals surface area (Å²) in [4.78, 5) is 39.9. The second kappa shape index (κ2) is 7.98. The Bertz CT molecular complexity index is 1020. The van der Waals surface area contributed by atoms with Crippen molar-refractivity contribution < 1.29 is 9.53 Å². The van der Waals surface area contributed by atoms with Crippen LogP contribution in [0.15, 0.2) is 27.9 Å². The Kier molecular flexibility index (Phi) is 5.40. The number of carbonyl (C=O) groups is 1. The number of aromatic nitrogens is 4. The van der Waals surface area contributed by atoms with Crippen LogP contribution in [-0.2, 0) is 18.3 Å². The Hall–Kier alpha value is -2.68. The van der Waals surface area contributed by atoms with Gasteiger partial charge in [-0.25, -0.2) is 9.48 Å². The molecule has 3 heterocycles. The van der Waals surface area contributed by atoms with E-state index in [0.29, 0.717) is 26.2 Å². The van der Waals surface area contributed by atoms with Gasteiger partial charge in [-0.3, -0.25) is 14.2 Å². The third-order valence-electron chi connectivity index (χ3n) is 5.74. The van der Waals surface area contributed by atoms with Crippen LogP contribution in [0.5, 0.6) is 0 Å². The summed E-state index contributed by atoms with van der Waals surface area (Å²) in [6, 6.07) is 3.49. The van der Waals surface area contributed by atoms with Crippen LogP contribution < -0.4 is 11.2 Å². The van der Waals surface area contributed by atoms with Gasteiger partial charge in [-0.2, -0.15) is 5.10 Å². The van der Waals surface area contributed by atoms with E-state index in [4.69, 9.17) is 4.74 Å². The highest BCUT2D eigenvalue weighted by atomic mass is 16.5. The zero-order valence-electron chi connectivity index (χ0n) is 16.9. The van der Waals surface area contributed by atoms with E-state index >= 15 is 0 Å². The molecule has 9 heteroatoms. The van der Waals surface area contributed by atoms with E-state index in [1.54, 1.807) is 37.4 Å². The van der Waals surface area contributed by atoms with Crippen LogP contribution in [0.1, 0.15) is 53.8 Å². The molecule has 2 aliphatic rings. The Balaban J connectivity index is 1.60. The molecule has 0 N–H and O–H groups in total. The van der Waals surface area contributed by atoms with E-state index < -0.39 is 0 Å². The van der Waals surface area contributed by atoms with Crippen LogP contribution in [0.3, 0.4) is 0 Å². The molecule has 1 unspecified atom stereocenters. The van der Waals surface area contributed by atoms with Crippen LogP contribution >= 0.6 is 0 Å². The Morgan fingerprint density at radius 2 is 2.07 bits per heavy atom. The molecule has 1 saturated heterocycles. The molecular formula is C20H27N5O4. The van der Waals surface area contributed by atoms with Gasteiger partial charge >= 0.3 is 5.69 Å². The number of aryl methyl sites for hydroxylation is 1. The van der Waals surface area contributed by atoms with E-state index in [9.17, 15) is 14.4 Å². The lowest BCUT2D eigenvalue weighted by Gasteiger charge is -2.32. The summed E-state index contributed by atoms with van der Waals surface area (Å²) >= 11 is 0. The van der Waals surface area contributed by atoms with Crippen molar-refractivity contribution in [3.05, 3.63) is 50.6 Å². The molecule has 0 bridgehead atoms. The van der Waals surface area contributed by atoms with Crippen molar-refractivity contribution in [2.24, 2.45) is 7.05 Å². The minimum absolute atomic E-state index is 0.0163. The van der Waals surface area contributed by atoms with Crippen LogP contribution in [-0.4, -0.2) is 56.5 Å². The molecule has 0 aromatic carbocycles. The number of hydrogen-bond donors (Lipinski definition) is 0. The van der Waals surface area contributed by atoms with Gasteiger partial charge in [0.15, 0.2) is 0 Å². The van der Waals surface area contributed by atoms with E-state index in [2.05, 4.69) is 5.10 Å². The van der Waals surface area contributed by atoms with E-state index in [1.807, 2.05) is 4.57 Å². The summed E-state index contributed by atoms with van der Waals surface area (Å²) in [5, 5.41) is 4.61. The maximum atomic E-state index is 13.0. The molecule has 29 heavy (non-hydrogen) atoms. The number of rotatable bonds is 6. The Labute approximate surface area is 168 Å². The monoisotopic (exact) mass is 401 g/mol. The second-order valence-electron chi connectivity index (χ2n) is 7.89. The molecule has 9 nitrogen and oxygen atoms in total. The molecule has 1 amide bonds. The van der Waals surface area contributed by atoms with E-state index in [0.717, 1.165) is 31.5 Å². The molecule has 1 atom stereocenters. The third-order valence-corrected chi connectivity index (χ3v) is 5.74. The first-order valence-electron chi connectivity index (χ1n) is 10.1. The number of amides is 1. The minimum atomic E-state index is -0.293. The number of carbonyl (C=O) groups excluding carboxylic acids is 1. The molecule has 0 radical (unpaired) electrons. The lowest BCUT2D eigenvalue weighted by Crippen LogP contribution is -2.42. The Morgan fingerprint density at radius 1 is 1.28 bits per heavy atom. The highest BCUT2D eigenvalue weighted by Crippen LogP contribution is 2.37. The number of methoxy groups -OCH3 is 1. The van der Waals surface area contributed by atoms with Crippen molar-refractivity contribution in [1.82, 2.24) is 23.8 Å². The average Bonchev–Trinajstić information content (AvgIpc) is 3.51. The molecule has 4 rings (SSSR count). The summed E-state index contributed by atoms with van der Waals surface area (Å²) in [6.07, 6.45) is 5.28. The van der Waals surface area contributed by atoms with Gasteiger partial charge in [-0.1, -0.05) is 0 Å². The largest absolute Gasteiger partial charge is 0.383 e. The van der Waals surface area contributed by atoms with Crippen LogP contribution in [0, 0.1) is 0 Å². The van der Waals surface area contributed by atoms with Crippen LogP contribution in [0.4, 0.5) is 0 Å². The fraction of sp³-hybridized carbons (Fsp3) is 0.600. The molecule has 0 spiro atoms. The van der Waals surface area contributed by atoms with Crippen LogP contribution in [0.2, 0.25) is 0 Å². The fourth-order valence-electron chi connectivity index (χ4n) is 4.02. The summed E-state index contributed by atoms with van der Waals surface area (Å²) in [6.45, 7) is 1.90. The topological polar surface area (TPSA) is 91.4 Å². The number of hydrogen-bond acceptors (Lipinski definition) is 5.